The fourth-order valence-corrected chi connectivity index (χ4v) is 1.30. The second-order valence-electron chi connectivity index (χ2n) is 3.44. The van der Waals surface area contributed by atoms with Gasteiger partial charge >= 0.3 is 0 Å². The lowest BCUT2D eigenvalue weighted by atomic mass is 10.1. The smallest absolute Gasteiger partial charge is 0.223 e. The first-order valence-corrected chi connectivity index (χ1v) is 4.55. The Morgan fingerprint density at radius 1 is 1.07 bits per heavy atom. The van der Waals surface area contributed by atoms with Crippen molar-refractivity contribution in [2.24, 2.45) is 0 Å². The minimum absolute atomic E-state index is 0.596. The molecule has 1 aromatic carbocycles. The Kier molecular flexibility index (Phi) is 2.08. The SMILES string of the molecule is Cc1nc(-c2ccc(C)c(C)c2)no1. The summed E-state index contributed by atoms with van der Waals surface area (Å²) in [4.78, 5) is 4.17. The zero-order valence-corrected chi connectivity index (χ0v) is 8.53. The average Bonchev–Trinajstić information content (AvgIpc) is 2.57. The molecule has 0 spiro atoms. The molecule has 2 rings (SSSR count). The van der Waals surface area contributed by atoms with Crippen LogP contribution in [0.25, 0.3) is 11.4 Å². The van der Waals surface area contributed by atoms with Crippen molar-refractivity contribution in [3.05, 3.63) is 35.2 Å². The van der Waals surface area contributed by atoms with Gasteiger partial charge in [0.1, 0.15) is 0 Å². The normalized spacial score (nSPS) is 10.5. The van der Waals surface area contributed by atoms with Gasteiger partial charge < -0.3 is 4.52 Å². The molecular weight excluding hydrogens is 176 g/mol. The largest absolute Gasteiger partial charge is 0.339 e. The van der Waals surface area contributed by atoms with Crippen LogP contribution < -0.4 is 0 Å². The average molecular weight is 188 g/mol. The van der Waals surface area contributed by atoms with Gasteiger partial charge in [0.2, 0.25) is 11.7 Å². The molecular formula is C11H12N2O. The van der Waals surface area contributed by atoms with E-state index in [-0.39, 0.29) is 0 Å². The highest BCUT2D eigenvalue weighted by Gasteiger charge is 2.05. The van der Waals surface area contributed by atoms with E-state index in [1.807, 2.05) is 6.07 Å². The van der Waals surface area contributed by atoms with Gasteiger partial charge in [0.05, 0.1) is 0 Å². The number of aromatic nitrogens is 2. The predicted molar refractivity (Wildman–Crippen MR) is 53.9 cm³/mol. The Labute approximate surface area is 82.8 Å². The third-order valence-corrected chi connectivity index (χ3v) is 2.29. The van der Waals surface area contributed by atoms with Crippen LogP contribution in [0, 0.1) is 20.8 Å². The van der Waals surface area contributed by atoms with E-state index in [9.17, 15) is 0 Å². The third-order valence-electron chi connectivity index (χ3n) is 2.29. The van der Waals surface area contributed by atoms with Gasteiger partial charge in [0.25, 0.3) is 0 Å². The maximum absolute atomic E-state index is 4.93. The summed E-state index contributed by atoms with van der Waals surface area (Å²) in [7, 11) is 0. The Morgan fingerprint density at radius 2 is 1.86 bits per heavy atom. The van der Waals surface area contributed by atoms with Gasteiger partial charge in [-0.15, -0.1) is 0 Å². The van der Waals surface area contributed by atoms with Gasteiger partial charge in [0.15, 0.2) is 0 Å². The molecule has 0 saturated heterocycles. The molecule has 0 atom stereocenters. The molecule has 0 amide bonds. The van der Waals surface area contributed by atoms with E-state index in [1.54, 1.807) is 6.92 Å². The van der Waals surface area contributed by atoms with Crippen LogP contribution in [0.1, 0.15) is 17.0 Å². The van der Waals surface area contributed by atoms with E-state index >= 15 is 0 Å². The molecule has 0 aliphatic carbocycles. The Bertz CT molecular complexity index is 460. The summed E-state index contributed by atoms with van der Waals surface area (Å²) in [5.74, 6) is 1.25. The molecule has 0 saturated carbocycles. The van der Waals surface area contributed by atoms with E-state index in [1.165, 1.54) is 11.1 Å². The molecule has 0 N–H and O–H groups in total. The first kappa shape index (κ1) is 8.94. The van der Waals surface area contributed by atoms with Gasteiger partial charge in [-0.05, 0) is 31.0 Å². The van der Waals surface area contributed by atoms with Gasteiger partial charge in [-0.3, -0.25) is 0 Å². The topological polar surface area (TPSA) is 38.9 Å². The van der Waals surface area contributed by atoms with Crippen molar-refractivity contribution >= 4 is 0 Å². The monoisotopic (exact) mass is 188 g/mol. The second-order valence-corrected chi connectivity index (χ2v) is 3.44. The molecule has 3 nitrogen and oxygen atoms in total. The summed E-state index contributed by atoms with van der Waals surface area (Å²) < 4.78 is 4.93. The van der Waals surface area contributed by atoms with Crippen LogP contribution in [0.15, 0.2) is 22.7 Å². The number of hydrogen-bond donors (Lipinski definition) is 0. The molecule has 1 aromatic heterocycles. The molecule has 72 valence electrons. The van der Waals surface area contributed by atoms with Gasteiger partial charge in [-0.2, -0.15) is 4.98 Å². The van der Waals surface area contributed by atoms with Crippen LogP contribution in [0.4, 0.5) is 0 Å². The number of aryl methyl sites for hydroxylation is 3. The van der Waals surface area contributed by atoms with Crippen molar-refractivity contribution in [1.82, 2.24) is 10.1 Å². The van der Waals surface area contributed by atoms with Crippen LogP contribution >= 0.6 is 0 Å². The van der Waals surface area contributed by atoms with Crippen molar-refractivity contribution < 1.29 is 4.52 Å². The number of benzene rings is 1. The van der Waals surface area contributed by atoms with E-state index in [4.69, 9.17) is 4.52 Å². The summed E-state index contributed by atoms with van der Waals surface area (Å²) in [6, 6.07) is 6.14. The van der Waals surface area contributed by atoms with Crippen molar-refractivity contribution in [3.8, 4) is 11.4 Å². The predicted octanol–water partition coefficient (Wildman–Crippen LogP) is 2.66. The maximum Gasteiger partial charge on any atom is 0.223 e. The van der Waals surface area contributed by atoms with E-state index in [2.05, 4.69) is 36.1 Å². The number of hydrogen-bond acceptors (Lipinski definition) is 3. The third kappa shape index (κ3) is 1.53. The lowest BCUT2D eigenvalue weighted by molar-refractivity contribution is 0.394. The first-order valence-electron chi connectivity index (χ1n) is 4.55. The number of nitrogens with zero attached hydrogens (tertiary/aromatic N) is 2. The second kappa shape index (κ2) is 3.25. The van der Waals surface area contributed by atoms with Crippen molar-refractivity contribution in [2.45, 2.75) is 20.8 Å². The Hall–Kier alpha value is -1.64. The summed E-state index contributed by atoms with van der Waals surface area (Å²) in [5, 5.41) is 3.87. The highest BCUT2D eigenvalue weighted by molar-refractivity contribution is 5.56. The van der Waals surface area contributed by atoms with Crippen molar-refractivity contribution in [3.63, 3.8) is 0 Å². The van der Waals surface area contributed by atoms with Crippen LogP contribution in [0.2, 0.25) is 0 Å². The van der Waals surface area contributed by atoms with Crippen LogP contribution in [-0.4, -0.2) is 10.1 Å². The lowest BCUT2D eigenvalue weighted by Crippen LogP contribution is -1.85. The Morgan fingerprint density at radius 3 is 2.43 bits per heavy atom. The van der Waals surface area contributed by atoms with Crippen molar-refractivity contribution in [1.29, 1.82) is 0 Å². The molecule has 0 bridgehead atoms. The minimum atomic E-state index is 0.596. The molecule has 0 unspecified atom stereocenters. The minimum Gasteiger partial charge on any atom is -0.339 e. The standard InChI is InChI=1S/C11H12N2O/c1-7-4-5-10(6-8(7)2)11-12-9(3)14-13-11/h4-6H,1-3H3. The maximum atomic E-state index is 4.93. The molecule has 0 fully saturated rings. The van der Waals surface area contributed by atoms with Gasteiger partial charge in [0, 0.05) is 12.5 Å². The summed E-state index contributed by atoms with van der Waals surface area (Å²) in [6.45, 7) is 5.95. The fraction of sp³-hybridized carbons (Fsp3) is 0.273. The molecule has 1 heterocycles. The van der Waals surface area contributed by atoms with E-state index < -0.39 is 0 Å². The summed E-state index contributed by atoms with van der Waals surface area (Å²) in [5.41, 5.74) is 3.52. The quantitative estimate of drug-likeness (QED) is 0.690. The van der Waals surface area contributed by atoms with Crippen LogP contribution in [-0.2, 0) is 0 Å². The van der Waals surface area contributed by atoms with E-state index in [0.717, 1.165) is 5.56 Å². The molecule has 14 heavy (non-hydrogen) atoms. The number of rotatable bonds is 1. The molecule has 0 aliphatic rings. The molecule has 0 aliphatic heterocycles. The highest BCUT2D eigenvalue weighted by atomic mass is 16.5. The molecule has 0 radical (unpaired) electrons. The zero-order valence-electron chi connectivity index (χ0n) is 8.53. The Balaban J connectivity index is 2.47. The summed E-state index contributed by atoms with van der Waals surface area (Å²) in [6.07, 6.45) is 0. The van der Waals surface area contributed by atoms with Gasteiger partial charge in [-0.1, -0.05) is 17.3 Å². The van der Waals surface area contributed by atoms with Crippen LogP contribution in [0.3, 0.4) is 0 Å². The lowest BCUT2D eigenvalue weighted by Gasteiger charge is -2.00. The van der Waals surface area contributed by atoms with Gasteiger partial charge in [-0.25, -0.2) is 0 Å². The van der Waals surface area contributed by atoms with Crippen molar-refractivity contribution in [2.75, 3.05) is 0 Å². The van der Waals surface area contributed by atoms with E-state index in [0.29, 0.717) is 11.7 Å². The molecule has 2 aromatic rings. The molecule has 3 heteroatoms. The summed E-state index contributed by atoms with van der Waals surface area (Å²) >= 11 is 0. The highest BCUT2D eigenvalue weighted by Crippen LogP contribution is 2.18. The fourth-order valence-electron chi connectivity index (χ4n) is 1.30. The first-order chi connectivity index (χ1) is 6.66. The van der Waals surface area contributed by atoms with Crippen LogP contribution in [0.5, 0.6) is 0 Å². The zero-order chi connectivity index (χ0) is 10.1.